The minimum Gasteiger partial charge on any atom is -0.322 e. The highest BCUT2D eigenvalue weighted by molar-refractivity contribution is 7.09. The van der Waals surface area contributed by atoms with Crippen LogP contribution in [0.2, 0.25) is 0 Å². The number of rotatable bonds is 3. The molecule has 2 rings (SSSR count). The van der Waals surface area contributed by atoms with Crippen molar-refractivity contribution in [1.29, 1.82) is 0 Å². The van der Waals surface area contributed by atoms with Crippen LogP contribution in [0.15, 0.2) is 23.6 Å². The second kappa shape index (κ2) is 5.24. The number of hydrogen-bond acceptors (Lipinski definition) is 5. The van der Waals surface area contributed by atoms with E-state index in [2.05, 4.69) is 15.3 Å². The number of nitrogens with zero attached hydrogens (tertiary/aromatic N) is 2. The van der Waals surface area contributed by atoms with Gasteiger partial charge in [0.25, 0.3) is 5.91 Å². The van der Waals surface area contributed by atoms with Gasteiger partial charge in [0, 0.05) is 11.1 Å². The highest BCUT2D eigenvalue weighted by Crippen LogP contribution is 2.16. The number of thiazole rings is 1. The zero-order chi connectivity index (χ0) is 13.1. The van der Waals surface area contributed by atoms with Gasteiger partial charge in [0.2, 0.25) is 0 Å². The van der Waals surface area contributed by atoms with Gasteiger partial charge in [-0.3, -0.25) is 4.79 Å². The van der Waals surface area contributed by atoms with E-state index < -0.39 is 0 Å². The average molecular weight is 262 g/mol. The summed E-state index contributed by atoms with van der Waals surface area (Å²) in [4.78, 5) is 20.3. The molecule has 0 aliphatic carbocycles. The van der Waals surface area contributed by atoms with Crippen LogP contribution in [-0.2, 0) is 0 Å². The first-order chi connectivity index (χ1) is 8.56. The van der Waals surface area contributed by atoms with E-state index in [4.69, 9.17) is 5.73 Å². The number of anilines is 1. The predicted molar refractivity (Wildman–Crippen MR) is 71.6 cm³/mol. The maximum atomic E-state index is 11.9. The lowest BCUT2D eigenvalue weighted by molar-refractivity contribution is 0.102. The van der Waals surface area contributed by atoms with Crippen molar-refractivity contribution in [3.8, 4) is 0 Å². The molecule has 2 aromatic heterocycles. The smallest absolute Gasteiger partial charge is 0.276 e. The summed E-state index contributed by atoms with van der Waals surface area (Å²) in [6, 6.07) is 5.29. The van der Waals surface area contributed by atoms with Crippen LogP contribution in [0, 0.1) is 6.92 Å². The zero-order valence-corrected chi connectivity index (χ0v) is 11.0. The number of amides is 1. The van der Waals surface area contributed by atoms with Gasteiger partial charge in [-0.05, 0) is 26.0 Å². The van der Waals surface area contributed by atoms with Gasteiger partial charge < -0.3 is 11.1 Å². The van der Waals surface area contributed by atoms with Crippen molar-refractivity contribution < 1.29 is 4.79 Å². The van der Waals surface area contributed by atoms with Crippen molar-refractivity contribution in [2.45, 2.75) is 19.9 Å². The van der Waals surface area contributed by atoms with Crippen molar-refractivity contribution >= 4 is 23.1 Å². The van der Waals surface area contributed by atoms with Gasteiger partial charge in [-0.25, -0.2) is 9.97 Å². The summed E-state index contributed by atoms with van der Waals surface area (Å²) < 4.78 is 0. The fourth-order valence-electron chi connectivity index (χ4n) is 1.39. The van der Waals surface area contributed by atoms with Crippen LogP contribution < -0.4 is 11.1 Å². The van der Waals surface area contributed by atoms with Crippen LogP contribution in [0.3, 0.4) is 0 Å². The molecule has 18 heavy (non-hydrogen) atoms. The van der Waals surface area contributed by atoms with Gasteiger partial charge in [-0.15, -0.1) is 11.3 Å². The summed E-state index contributed by atoms with van der Waals surface area (Å²) in [5.74, 6) is 0.256. The molecule has 0 bridgehead atoms. The minimum atomic E-state index is -0.267. The Hall–Kier alpha value is -1.79. The molecular weight excluding hydrogens is 248 g/mol. The largest absolute Gasteiger partial charge is 0.322 e. The number of nitrogens with one attached hydrogen (secondary N) is 1. The molecule has 0 spiro atoms. The van der Waals surface area contributed by atoms with Crippen LogP contribution in [-0.4, -0.2) is 15.9 Å². The molecule has 1 atom stereocenters. The summed E-state index contributed by atoms with van der Waals surface area (Å²) in [7, 11) is 0. The van der Waals surface area contributed by atoms with Crippen molar-refractivity contribution in [2.75, 3.05) is 5.32 Å². The van der Waals surface area contributed by atoms with E-state index in [1.54, 1.807) is 11.4 Å². The van der Waals surface area contributed by atoms with E-state index in [-0.39, 0.29) is 11.9 Å². The maximum Gasteiger partial charge on any atom is 0.276 e. The molecule has 0 saturated carbocycles. The Morgan fingerprint density at radius 2 is 2.22 bits per heavy atom. The average Bonchev–Trinajstić information content (AvgIpc) is 2.78. The van der Waals surface area contributed by atoms with E-state index in [0.717, 1.165) is 10.7 Å². The third kappa shape index (κ3) is 2.91. The lowest BCUT2D eigenvalue weighted by Crippen LogP contribution is -2.14. The Balaban J connectivity index is 2.12. The van der Waals surface area contributed by atoms with E-state index in [0.29, 0.717) is 11.5 Å². The topological polar surface area (TPSA) is 80.9 Å². The quantitative estimate of drug-likeness (QED) is 0.887. The van der Waals surface area contributed by atoms with Crippen LogP contribution in [0.4, 0.5) is 5.82 Å². The molecule has 0 saturated heterocycles. The lowest BCUT2D eigenvalue weighted by Gasteiger charge is -2.02. The Morgan fingerprint density at radius 1 is 1.44 bits per heavy atom. The summed E-state index contributed by atoms with van der Waals surface area (Å²) in [5.41, 5.74) is 6.92. The van der Waals surface area contributed by atoms with Crippen LogP contribution in [0.1, 0.15) is 34.2 Å². The lowest BCUT2D eigenvalue weighted by atomic mass is 10.3. The van der Waals surface area contributed by atoms with Crippen LogP contribution in [0.5, 0.6) is 0 Å². The van der Waals surface area contributed by atoms with E-state index in [9.17, 15) is 4.79 Å². The molecule has 0 aliphatic heterocycles. The van der Waals surface area contributed by atoms with Gasteiger partial charge in [0.15, 0.2) is 0 Å². The molecule has 1 amide bonds. The van der Waals surface area contributed by atoms with Gasteiger partial charge >= 0.3 is 0 Å². The molecular formula is C12H14N4OS. The van der Waals surface area contributed by atoms with E-state index in [1.165, 1.54) is 11.3 Å². The Kier molecular flexibility index (Phi) is 3.69. The molecule has 0 aliphatic rings. The maximum absolute atomic E-state index is 11.9. The van der Waals surface area contributed by atoms with E-state index >= 15 is 0 Å². The van der Waals surface area contributed by atoms with Gasteiger partial charge in [-0.2, -0.15) is 0 Å². The third-order valence-electron chi connectivity index (χ3n) is 2.27. The number of nitrogens with two attached hydrogens (primary N) is 1. The zero-order valence-electron chi connectivity index (χ0n) is 10.2. The first-order valence-corrected chi connectivity index (χ1v) is 6.40. The summed E-state index contributed by atoms with van der Waals surface area (Å²) in [5, 5.41) is 5.15. The van der Waals surface area contributed by atoms with Crippen molar-refractivity contribution in [2.24, 2.45) is 5.73 Å². The van der Waals surface area contributed by atoms with Gasteiger partial charge in [0.1, 0.15) is 16.5 Å². The highest BCUT2D eigenvalue weighted by Gasteiger charge is 2.13. The number of carbonyl (C=O) groups is 1. The predicted octanol–water partition coefficient (Wildman–Crippen LogP) is 2.12. The molecule has 6 heteroatoms. The second-order valence-electron chi connectivity index (χ2n) is 3.98. The molecule has 3 N–H and O–H groups in total. The molecule has 5 nitrogen and oxygen atoms in total. The van der Waals surface area contributed by atoms with Crippen molar-refractivity contribution in [1.82, 2.24) is 9.97 Å². The summed E-state index contributed by atoms with van der Waals surface area (Å²) in [6.45, 7) is 3.70. The van der Waals surface area contributed by atoms with Gasteiger partial charge in [-0.1, -0.05) is 6.07 Å². The minimum absolute atomic E-state index is 0.159. The number of aromatic nitrogens is 2. The fraction of sp³-hybridized carbons (Fsp3) is 0.250. The Morgan fingerprint density at radius 3 is 2.83 bits per heavy atom. The second-order valence-corrected chi connectivity index (χ2v) is 4.87. The first kappa shape index (κ1) is 12.7. The SMILES string of the molecule is Cc1cccc(NC(=O)c2csc(C(C)N)n2)n1. The highest BCUT2D eigenvalue weighted by atomic mass is 32.1. The third-order valence-corrected chi connectivity index (χ3v) is 3.32. The van der Waals surface area contributed by atoms with E-state index in [1.807, 2.05) is 26.0 Å². The fourth-order valence-corrected chi connectivity index (χ4v) is 2.15. The first-order valence-electron chi connectivity index (χ1n) is 5.52. The van der Waals surface area contributed by atoms with Crippen molar-refractivity contribution in [3.63, 3.8) is 0 Å². The number of aryl methyl sites for hydroxylation is 1. The monoisotopic (exact) mass is 262 g/mol. The normalized spacial score (nSPS) is 12.2. The number of hydrogen-bond donors (Lipinski definition) is 2. The van der Waals surface area contributed by atoms with Gasteiger partial charge in [0.05, 0.1) is 6.04 Å². The summed E-state index contributed by atoms with van der Waals surface area (Å²) in [6.07, 6.45) is 0. The Bertz CT molecular complexity index is 565. The molecule has 94 valence electrons. The number of pyridine rings is 1. The molecule has 2 heterocycles. The molecule has 0 radical (unpaired) electrons. The molecule has 0 aromatic carbocycles. The molecule has 1 unspecified atom stereocenters. The van der Waals surface area contributed by atoms with Crippen LogP contribution in [0.25, 0.3) is 0 Å². The van der Waals surface area contributed by atoms with Crippen LogP contribution >= 0.6 is 11.3 Å². The number of carbonyl (C=O) groups excluding carboxylic acids is 1. The summed E-state index contributed by atoms with van der Waals surface area (Å²) >= 11 is 1.38. The van der Waals surface area contributed by atoms with Crippen molar-refractivity contribution in [3.05, 3.63) is 40.0 Å². The standard InChI is InChI=1S/C12H14N4OS/c1-7-4-3-5-10(14-7)16-11(17)9-6-18-12(15-9)8(2)13/h3-6,8H,13H2,1-2H3,(H,14,16,17). The molecule has 2 aromatic rings. The Labute approximate surface area is 109 Å². The molecule has 0 fully saturated rings.